The number of hydrogen-bond acceptors (Lipinski definition) is 1. The van der Waals surface area contributed by atoms with E-state index in [1.165, 1.54) is 17.0 Å². The second kappa shape index (κ2) is 7.07. The monoisotopic (exact) mass is 358 g/mol. The summed E-state index contributed by atoms with van der Waals surface area (Å²) in [5.41, 5.74) is 0.602. The highest BCUT2D eigenvalue weighted by molar-refractivity contribution is 6.01. The van der Waals surface area contributed by atoms with Crippen LogP contribution in [0.3, 0.4) is 0 Å². The summed E-state index contributed by atoms with van der Waals surface area (Å²) >= 11 is 0. The fourth-order valence-electron chi connectivity index (χ4n) is 2.69. The molecule has 0 bridgehead atoms. The highest BCUT2D eigenvalue weighted by atomic mass is 19.4. The van der Waals surface area contributed by atoms with E-state index in [-0.39, 0.29) is 12.6 Å². The third-order valence-electron chi connectivity index (χ3n) is 4.08. The van der Waals surface area contributed by atoms with Gasteiger partial charge in [0.25, 0.3) is 0 Å². The lowest BCUT2D eigenvalue weighted by molar-refractivity contribution is -0.137. The van der Waals surface area contributed by atoms with Gasteiger partial charge in [0, 0.05) is 19.0 Å². The second-order valence-corrected chi connectivity index (χ2v) is 6.01. The van der Waals surface area contributed by atoms with E-state index in [4.69, 9.17) is 0 Å². The molecule has 0 aliphatic carbocycles. The van der Waals surface area contributed by atoms with Crippen molar-refractivity contribution in [2.24, 2.45) is 0 Å². The zero-order valence-electron chi connectivity index (χ0n) is 14.0. The van der Waals surface area contributed by atoms with E-state index in [0.717, 1.165) is 22.9 Å². The second-order valence-electron chi connectivity index (χ2n) is 6.01. The topological polar surface area (TPSA) is 32.3 Å². The van der Waals surface area contributed by atoms with Crippen molar-refractivity contribution in [2.45, 2.75) is 12.7 Å². The van der Waals surface area contributed by atoms with E-state index < -0.39 is 11.7 Å². The minimum Gasteiger partial charge on any atom is -0.323 e. The standard InChI is InChI=1S/C20H17F3N2O/c1-25(13-14-9-11-16(12-10-14)20(21,22)23)19(26)24-18-8-4-6-15-5-2-3-7-17(15)18/h2-12H,13H2,1H3,(H,24,26). The molecule has 3 aromatic carbocycles. The number of rotatable bonds is 3. The van der Waals surface area contributed by atoms with Crippen LogP contribution in [0.1, 0.15) is 11.1 Å². The number of benzene rings is 3. The normalized spacial score (nSPS) is 11.4. The van der Waals surface area contributed by atoms with Gasteiger partial charge in [-0.3, -0.25) is 0 Å². The third kappa shape index (κ3) is 3.96. The van der Waals surface area contributed by atoms with Crippen LogP contribution in [0.4, 0.5) is 23.7 Å². The zero-order valence-corrected chi connectivity index (χ0v) is 14.0. The first-order chi connectivity index (χ1) is 12.3. The van der Waals surface area contributed by atoms with Gasteiger partial charge in [-0.1, -0.05) is 48.5 Å². The van der Waals surface area contributed by atoms with Crippen LogP contribution in [0.15, 0.2) is 66.7 Å². The van der Waals surface area contributed by atoms with Crippen molar-refractivity contribution >= 4 is 22.5 Å². The first kappa shape index (κ1) is 17.8. The van der Waals surface area contributed by atoms with Crippen molar-refractivity contribution in [3.05, 3.63) is 77.9 Å². The summed E-state index contributed by atoms with van der Waals surface area (Å²) in [5.74, 6) is 0. The van der Waals surface area contributed by atoms with Crippen LogP contribution in [0.5, 0.6) is 0 Å². The smallest absolute Gasteiger partial charge is 0.323 e. The minimum atomic E-state index is -4.36. The van der Waals surface area contributed by atoms with Gasteiger partial charge in [0.2, 0.25) is 0 Å². The Morgan fingerprint density at radius 2 is 1.62 bits per heavy atom. The molecule has 0 fully saturated rings. The Bertz CT molecular complexity index is 915. The van der Waals surface area contributed by atoms with E-state index in [9.17, 15) is 18.0 Å². The number of nitrogens with zero attached hydrogens (tertiary/aromatic N) is 1. The van der Waals surface area contributed by atoms with Gasteiger partial charge in [-0.15, -0.1) is 0 Å². The Labute approximate surface area is 149 Å². The van der Waals surface area contributed by atoms with Gasteiger partial charge in [-0.2, -0.15) is 13.2 Å². The van der Waals surface area contributed by atoms with Gasteiger partial charge in [0.15, 0.2) is 0 Å². The molecule has 0 aliphatic heterocycles. The van der Waals surface area contributed by atoms with Crippen LogP contribution in [-0.2, 0) is 12.7 Å². The molecule has 0 atom stereocenters. The maximum Gasteiger partial charge on any atom is 0.416 e. The van der Waals surface area contributed by atoms with E-state index in [0.29, 0.717) is 11.3 Å². The van der Waals surface area contributed by atoms with Gasteiger partial charge >= 0.3 is 12.2 Å². The number of amides is 2. The van der Waals surface area contributed by atoms with E-state index >= 15 is 0 Å². The summed E-state index contributed by atoms with van der Waals surface area (Å²) in [7, 11) is 1.60. The predicted molar refractivity (Wildman–Crippen MR) is 95.9 cm³/mol. The molecular formula is C20H17F3N2O. The average Bonchev–Trinajstić information content (AvgIpc) is 2.61. The summed E-state index contributed by atoms with van der Waals surface area (Å²) in [6, 6.07) is 17.8. The summed E-state index contributed by atoms with van der Waals surface area (Å²) in [5, 5.41) is 4.78. The Balaban J connectivity index is 1.70. The molecule has 134 valence electrons. The molecule has 0 saturated heterocycles. The molecule has 1 N–H and O–H groups in total. The number of hydrogen-bond donors (Lipinski definition) is 1. The number of alkyl halides is 3. The zero-order chi connectivity index (χ0) is 18.7. The van der Waals surface area contributed by atoms with E-state index in [2.05, 4.69) is 5.32 Å². The molecule has 3 aromatic rings. The molecule has 0 heterocycles. The number of carbonyl (C=O) groups excluding carboxylic acids is 1. The van der Waals surface area contributed by atoms with E-state index in [1.807, 2.05) is 42.5 Å². The summed E-state index contributed by atoms with van der Waals surface area (Å²) < 4.78 is 37.8. The maximum atomic E-state index is 12.6. The Hall–Kier alpha value is -3.02. The first-order valence-electron chi connectivity index (χ1n) is 8.00. The number of urea groups is 1. The number of fused-ring (bicyclic) bond motifs is 1. The van der Waals surface area contributed by atoms with Crippen molar-refractivity contribution < 1.29 is 18.0 Å². The Kier molecular flexibility index (Phi) is 4.84. The van der Waals surface area contributed by atoms with Gasteiger partial charge in [-0.05, 0) is 29.1 Å². The largest absolute Gasteiger partial charge is 0.416 e. The van der Waals surface area contributed by atoms with Gasteiger partial charge in [-0.25, -0.2) is 4.79 Å². The molecule has 3 rings (SSSR count). The summed E-state index contributed by atoms with van der Waals surface area (Å²) in [6.07, 6.45) is -4.36. The van der Waals surface area contributed by atoms with Crippen molar-refractivity contribution in [2.75, 3.05) is 12.4 Å². The number of halogens is 3. The number of carbonyl (C=O) groups is 1. The number of anilines is 1. The Morgan fingerprint density at radius 1 is 0.962 bits per heavy atom. The Morgan fingerprint density at radius 3 is 2.31 bits per heavy atom. The molecule has 26 heavy (non-hydrogen) atoms. The first-order valence-corrected chi connectivity index (χ1v) is 8.00. The fourth-order valence-corrected chi connectivity index (χ4v) is 2.69. The molecular weight excluding hydrogens is 341 g/mol. The van der Waals surface area contributed by atoms with E-state index in [1.54, 1.807) is 7.05 Å². The highest BCUT2D eigenvalue weighted by Gasteiger charge is 2.29. The molecule has 0 spiro atoms. The van der Waals surface area contributed by atoms with Crippen LogP contribution in [0.25, 0.3) is 10.8 Å². The molecule has 0 aliphatic rings. The highest BCUT2D eigenvalue weighted by Crippen LogP contribution is 2.29. The lowest BCUT2D eigenvalue weighted by Crippen LogP contribution is -2.30. The average molecular weight is 358 g/mol. The van der Waals surface area contributed by atoms with Crippen molar-refractivity contribution in [1.29, 1.82) is 0 Å². The van der Waals surface area contributed by atoms with Crippen LogP contribution in [0.2, 0.25) is 0 Å². The van der Waals surface area contributed by atoms with Crippen molar-refractivity contribution in [3.8, 4) is 0 Å². The van der Waals surface area contributed by atoms with Crippen LogP contribution in [0, 0.1) is 0 Å². The predicted octanol–water partition coefficient (Wildman–Crippen LogP) is 5.52. The molecule has 3 nitrogen and oxygen atoms in total. The molecule has 0 saturated carbocycles. The minimum absolute atomic E-state index is 0.203. The van der Waals surface area contributed by atoms with Gasteiger partial charge < -0.3 is 10.2 Å². The lowest BCUT2D eigenvalue weighted by Gasteiger charge is -2.19. The maximum absolute atomic E-state index is 12.6. The molecule has 6 heteroatoms. The molecule has 0 radical (unpaired) electrons. The number of nitrogens with one attached hydrogen (secondary N) is 1. The van der Waals surface area contributed by atoms with Crippen LogP contribution < -0.4 is 5.32 Å². The molecule has 0 unspecified atom stereocenters. The lowest BCUT2D eigenvalue weighted by atomic mass is 10.1. The summed E-state index contributed by atoms with van der Waals surface area (Å²) in [4.78, 5) is 13.8. The van der Waals surface area contributed by atoms with Crippen molar-refractivity contribution in [3.63, 3.8) is 0 Å². The van der Waals surface area contributed by atoms with Crippen molar-refractivity contribution in [1.82, 2.24) is 4.90 Å². The summed E-state index contributed by atoms with van der Waals surface area (Å²) in [6.45, 7) is 0.203. The van der Waals surface area contributed by atoms with Gasteiger partial charge in [0.1, 0.15) is 0 Å². The molecule has 2 amide bonds. The SMILES string of the molecule is CN(Cc1ccc(C(F)(F)F)cc1)C(=O)Nc1cccc2ccccc12. The van der Waals surface area contributed by atoms with Crippen LogP contribution in [-0.4, -0.2) is 18.0 Å². The van der Waals surface area contributed by atoms with Crippen LogP contribution >= 0.6 is 0 Å². The quantitative estimate of drug-likeness (QED) is 0.657. The molecule has 0 aromatic heterocycles. The fraction of sp³-hybridized carbons (Fsp3) is 0.150. The third-order valence-corrected chi connectivity index (χ3v) is 4.08. The van der Waals surface area contributed by atoms with Gasteiger partial charge in [0.05, 0.1) is 11.3 Å².